The first-order valence-electron chi connectivity index (χ1n) is 24.2. The first-order valence-corrected chi connectivity index (χ1v) is 24.2. The van der Waals surface area contributed by atoms with E-state index in [-0.39, 0.29) is 24.9 Å². The Hall–Kier alpha value is -1.92. The fraction of sp³-hybridized carbons (Fsp3) is 0.840. The minimum Gasteiger partial charge on any atom is -0.462 e. The van der Waals surface area contributed by atoms with Crippen LogP contribution in [-0.2, 0) is 14.3 Å². The standard InChI is InChI=1S/C50H93NO5/c1-4-7-10-13-16-19-22-24-25-26-28-31-34-37-40-43-50(55)56-46(41-38-35-32-29-27-23-20-17-14-11-8-5-2)44-49(54)51-47(45-52)48(53)42-39-36-33-30-21-18-15-12-9-6-3/h7,10,13,16,19,22,46-48,52-53H,4-6,8-9,11-12,14-15,17-18,20-21,23-45H2,1-3H3,(H,51,54)/b10-7+,16-13+,22-19+. The first kappa shape index (κ1) is 54.1. The number of hydrogen-bond acceptors (Lipinski definition) is 5. The summed E-state index contributed by atoms with van der Waals surface area (Å²) >= 11 is 0. The summed E-state index contributed by atoms with van der Waals surface area (Å²) in [5, 5.41) is 23.7. The van der Waals surface area contributed by atoms with Gasteiger partial charge in [-0.1, -0.05) is 224 Å². The number of amides is 1. The van der Waals surface area contributed by atoms with E-state index in [4.69, 9.17) is 4.74 Å². The molecule has 328 valence electrons. The third-order valence-electron chi connectivity index (χ3n) is 11.0. The van der Waals surface area contributed by atoms with E-state index in [1.54, 1.807) is 0 Å². The van der Waals surface area contributed by atoms with E-state index < -0.39 is 18.2 Å². The van der Waals surface area contributed by atoms with Crippen molar-refractivity contribution in [3.05, 3.63) is 36.5 Å². The van der Waals surface area contributed by atoms with E-state index in [1.165, 1.54) is 135 Å². The lowest BCUT2D eigenvalue weighted by Gasteiger charge is -2.24. The Morgan fingerprint density at radius 3 is 1.45 bits per heavy atom. The molecule has 0 aliphatic heterocycles. The van der Waals surface area contributed by atoms with Crippen LogP contribution in [0.15, 0.2) is 36.5 Å². The monoisotopic (exact) mass is 788 g/mol. The second-order valence-electron chi connectivity index (χ2n) is 16.6. The summed E-state index contributed by atoms with van der Waals surface area (Å²) in [5.41, 5.74) is 0. The number of allylic oxidation sites excluding steroid dienone is 6. The number of unbranched alkanes of at least 4 members (excludes halogenated alkanes) is 27. The summed E-state index contributed by atoms with van der Waals surface area (Å²) in [4.78, 5) is 26.0. The van der Waals surface area contributed by atoms with Crippen LogP contribution in [0.4, 0.5) is 0 Å². The number of aliphatic hydroxyl groups excluding tert-OH is 2. The molecular weight excluding hydrogens is 695 g/mol. The fourth-order valence-corrected chi connectivity index (χ4v) is 7.37. The van der Waals surface area contributed by atoms with Gasteiger partial charge in [0.25, 0.3) is 0 Å². The molecular formula is C50H93NO5. The number of rotatable bonds is 43. The van der Waals surface area contributed by atoms with Crippen molar-refractivity contribution in [3.63, 3.8) is 0 Å². The molecule has 0 heterocycles. The van der Waals surface area contributed by atoms with Crippen molar-refractivity contribution in [2.24, 2.45) is 0 Å². The Balaban J connectivity index is 4.57. The molecule has 0 aromatic rings. The summed E-state index contributed by atoms with van der Waals surface area (Å²) in [6.07, 6.45) is 50.6. The number of hydrogen-bond donors (Lipinski definition) is 3. The van der Waals surface area contributed by atoms with E-state index in [2.05, 4.69) is 62.5 Å². The van der Waals surface area contributed by atoms with Crippen LogP contribution in [0.2, 0.25) is 0 Å². The normalized spacial score (nSPS) is 13.6. The predicted octanol–water partition coefficient (Wildman–Crippen LogP) is 14.1. The van der Waals surface area contributed by atoms with Gasteiger partial charge in [-0.2, -0.15) is 0 Å². The van der Waals surface area contributed by atoms with Gasteiger partial charge in [0.1, 0.15) is 6.10 Å². The highest BCUT2D eigenvalue weighted by molar-refractivity contribution is 5.77. The molecule has 0 spiro atoms. The number of esters is 1. The van der Waals surface area contributed by atoms with Gasteiger partial charge in [0, 0.05) is 6.42 Å². The maximum atomic E-state index is 13.1. The largest absolute Gasteiger partial charge is 0.462 e. The van der Waals surface area contributed by atoms with Crippen LogP contribution in [0.5, 0.6) is 0 Å². The fourth-order valence-electron chi connectivity index (χ4n) is 7.37. The summed E-state index contributed by atoms with van der Waals surface area (Å²) in [7, 11) is 0. The van der Waals surface area contributed by atoms with Crippen molar-refractivity contribution in [1.82, 2.24) is 5.32 Å². The lowest BCUT2D eigenvalue weighted by atomic mass is 10.0. The van der Waals surface area contributed by atoms with Crippen LogP contribution in [0, 0.1) is 0 Å². The SMILES string of the molecule is CC/C=C/C=C/C=C/CCCCCCCCCC(=O)OC(CCCCCCCCCCCCCC)CC(=O)NC(CO)C(O)CCCCCCCCCCCC. The molecule has 0 bridgehead atoms. The van der Waals surface area contributed by atoms with Gasteiger partial charge in [-0.15, -0.1) is 0 Å². The van der Waals surface area contributed by atoms with Crippen molar-refractivity contribution in [2.75, 3.05) is 6.61 Å². The molecule has 3 atom stereocenters. The Morgan fingerprint density at radius 1 is 0.536 bits per heavy atom. The van der Waals surface area contributed by atoms with Crippen LogP contribution in [-0.4, -0.2) is 46.9 Å². The number of aliphatic hydroxyl groups is 2. The Kier molecular flexibility index (Phi) is 42.7. The van der Waals surface area contributed by atoms with Gasteiger partial charge in [-0.05, 0) is 44.9 Å². The molecule has 0 aliphatic carbocycles. The predicted molar refractivity (Wildman–Crippen MR) is 241 cm³/mol. The molecule has 3 N–H and O–H groups in total. The second-order valence-corrected chi connectivity index (χ2v) is 16.6. The number of nitrogens with one attached hydrogen (secondary N) is 1. The van der Waals surface area contributed by atoms with E-state index in [0.717, 1.165) is 64.2 Å². The van der Waals surface area contributed by atoms with Crippen LogP contribution in [0.25, 0.3) is 0 Å². The van der Waals surface area contributed by atoms with Crippen LogP contribution in [0.3, 0.4) is 0 Å². The first-order chi connectivity index (χ1) is 27.5. The van der Waals surface area contributed by atoms with Crippen LogP contribution in [0.1, 0.15) is 245 Å². The molecule has 0 aliphatic rings. The lowest BCUT2D eigenvalue weighted by Crippen LogP contribution is -2.46. The molecule has 56 heavy (non-hydrogen) atoms. The molecule has 0 aromatic carbocycles. The van der Waals surface area contributed by atoms with Gasteiger partial charge >= 0.3 is 5.97 Å². The van der Waals surface area contributed by atoms with Gasteiger partial charge < -0.3 is 20.3 Å². The molecule has 0 radical (unpaired) electrons. The van der Waals surface area contributed by atoms with Crippen LogP contribution < -0.4 is 5.32 Å². The quantitative estimate of drug-likeness (QED) is 0.0325. The van der Waals surface area contributed by atoms with Gasteiger partial charge in [0.05, 0.1) is 25.2 Å². The second kappa shape index (κ2) is 44.2. The molecule has 1 amide bonds. The van der Waals surface area contributed by atoms with Crippen molar-refractivity contribution >= 4 is 11.9 Å². The zero-order chi connectivity index (χ0) is 41.0. The minimum atomic E-state index is -0.785. The maximum absolute atomic E-state index is 13.1. The Labute approximate surface area is 347 Å². The average molecular weight is 788 g/mol. The summed E-state index contributed by atoms with van der Waals surface area (Å²) in [5.74, 6) is -0.480. The molecule has 0 saturated carbocycles. The van der Waals surface area contributed by atoms with Gasteiger partial charge in [-0.25, -0.2) is 0 Å². The van der Waals surface area contributed by atoms with Crippen molar-refractivity contribution < 1.29 is 24.5 Å². The Morgan fingerprint density at radius 2 is 0.964 bits per heavy atom. The van der Waals surface area contributed by atoms with E-state index in [0.29, 0.717) is 19.3 Å². The highest BCUT2D eigenvalue weighted by atomic mass is 16.5. The van der Waals surface area contributed by atoms with Gasteiger partial charge in [0.2, 0.25) is 5.91 Å². The van der Waals surface area contributed by atoms with Crippen LogP contribution >= 0.6 is 0 Å². The molecule has 0 aromatic heterocycles. The van der Waals surface area contributed by atoms with Crippen molar-refractivity contribution in [3.8, 4) is 0 Å². The van der Waals surface area contributed by atoms with Crippen molar-refractivity contribution in [1.29, 1.82) is 0 Å². The third-order valence-corrected chi connectivity index (χ3v) is 11.0. The molecule has 0 rings (SSSR count). The molecule has 3 unspecified atom stereocenters. The van der Waals surface area contributed by atoms with E-state index in [1.807, 2.05) is 0 Å². The smallest absolute Gasteiger partial charge is 0.306 e. The number of carbonyl (C=O) groups is 2. The summed E-state index contributed by atoms with van der Waals surface area (Å²) in [6, 6.07) is -0.698. The average Bonchev–Trinajstić information content (AvgIpc) is 3.19. The highest BCUT2D eigenvalue weighted by Gasteiger charge is 2.24. The van der Waals surface area contributed by atoms with Gasteiger partial charge in [-0.3, -0.25) is 9.59 Å². The summed E-state index contributed by atoms with van der Waals surface area (Å²) in [6.45, 7) is 6.34. The summed E-state index contributed by atoms with van der Waals surface area (Å²) < 4.78 is 5.92. The molecule has 0 saturated heterocycles. The topological polar surface area (TPSA) is 95.9 Å². The zero-order valence-electron chi connectivity index (χ0n) is 37.3. The van der Waals surface area contributed by atoms with E-state index >= 15 is 0 Å². The zero-order valence-corrected chi connectivity index (χ0v) is 37.3. The third kappa shape index (κ3) is 38.9. The number of ether oxygens (including phenoxy) is 1. The molecule has 6 heteroatoms. The number of carbonyl (C=O) groups excluding carboxylic acids is 2. The molecule has 6 nitrogen and oxygen atoms in total. The molecule has 0 fully saturated rings. The van der Waals surface area contributed by atoms with Gasteiger partial charge in [0.15, 0.2) is 0 Å². The highest BCUT2D eigenvalue weighted by Crippen LogP contribution is 2.18. The lowest BCUT2D eigenvalue weighted by molar-refractivity contribution is -0.151. The van der Waals surface area contributed by atoms with Crippen molar-refractivity contribution in [2.45, 2.75) is 264 Å². The van der Waals surface area contributed by atoms with E-state index in [9.17, 15) is 19.8 Å². The maximum Gasteiger partial charge on any atom is 0.306 e. The Bertz CT molecular complexity index is 930. The minimum absolute atomic E-state index is 0.0760.